The average Bonchev–Trinajstić information content (AvgIpc) is 2.85. The predicted molar refractivity (Wildman–Crippen MR) is 125 cm³/mol. The van der Waals surface area contributed by atoms with E-state index in [-0.39, 0.29) is 6.61 Å². The van der Waals surface area contributed by atoms with Crippen molar-refractivity contribution in [3.8, 4) is 24.3 Å². The van der Waals surface area contributed by atoms with Crippen LogP contribution in [0.25, 0.3) is 0 Å². The van der Waals surface area contributed by atoms with Gasteiger partial charge >= 0.3 is 0 Å². The summed E-state index contributed by atoms with van der Waals surface area (Å²) in [4.78, 5) is 0. The number of unbranched alkanes of at least 4 members (excludes halogenated alkanes) is 5. The molecule has 0 bridgehead atoms. The molecule has 0 fully saturated rings. The molecular weight excluding hydrogens is 436 g/mol. The summed E-state index contributed by atoms with van der Waals surface area (Å²) in [6.45, 7) is 4.79. The highest BCUT2D eigenvalue weighted by molar-refractivity contribution is 4.82. The summed E-state index contributed by atoms with van der Waals surface area (Å²) in [6, 6.07) is 8.45. The average molecular weight is 477 g/mol. The highest BCUT2D eigenvalue weighted by atomic mass is 16.6. The number of ether oxygens (including phenoxy) is 5. The third kappa shape index (κ3) is 18.2. The van der Waals surface area contributed by atoms with E-state index < -0.39 is 18.3 Å². The molecule has 0 saturated carbocycles. The summed E-state index contributed by atoms with van der Waals surface area (Å²) >= 11 is 0. The Morgan fingerprint density at radius 3 is 1.32 bits per heavy atom. The first-order chi connectivity index (χ1) is 16.7. The number of nitriles is 4. The lowest BCUT2D eigenvalue weighted by Gasteiger charge is -2.33. The van der Waals surface area contributed by atoms with Gasteiger partial charge in [0.05, 0.1) is 37.5 Å². The van der Waals surface area contributed by atoms with Crippen LogP contribution < -0.4 is 0 Å². The summed E-state index contributed by atoms with van der Waals surface area (Å²) < 4.78 is 30.0. The lowest BCUT2D eigenvalue weighted by molar-refractivity contribution is -0.169. The Hall–Kier alpha value is -2.24. The first kappa shape index (κ1) is 31.8. The molecule has 190 valence electrons. The van der Waals surface area contributed by atoms with Gasteiger partial charge in [-0.1, -0.05) is 13.3 Å². The van der Waals surface area contributed by atoms with Gasteiger partial charge in [0.25, 0.3) is 0 Å². The zero-order valence-corrected chi connectivity index (χ0v) is 20.6. The topological polar surface area (TPSA) is 141 Å². The van der Waals surface area contributed by atoms with Crippen molar-refractivity contribution in [1.29, 1.82) is 21.0 Å². The Morgan fingerprint density at radius 1 is 0.529 bits per heavy atom. The SMILES string of the molecule is CCCCOCC(OCCCC#N)C(OCCCC#N)C(COCCCC#N)OCCCC#N. The Labute approximate surface area is 205 Å². The van der Waals surface area contributed by atoms with E-state index in [0.717, 1.165) is 12.8 Å². The molecule has 0 rings (SSSR count). The van der Waals surface area contributed by atoms with Gasteiger partial charge < -0.3 is 23.7 Å². The summed E-state index contributed by atoms with van der Waals surface area (Å²) in [5.41, 5.74) is 0. The van der Waals surface area contributed by atoms with Crippen molar-refractivity contribution in [2.75, 3.05) is 46.2 Å². The van der Waals surface area contributed by atoms with Crippen molar-refractivity contribution in [1.82, 2.24) is 0 Å². The quantitative estimate of drug-likeness (QED) is 0.187. The second kappa shape index (κ2) is 25.4. The maximum atomic E-state index is 8.87. The van der Waals surface area contributed by atoms with Crippen molar-refractivity contribution >= 4 is 0 Å². The fraction of sp³-hybridized carbons (Fsp3) is 0.840. The van der Waals surface area contributed by atoms with Crippen LogP contribution in [0.2, 0.25) is 0 Å². The van der Waals surface area contributed by atoms with E-state index in [9.17, 15) is 0 Å². The smallest absolute Gasteiger partial charge is 0.114 e. The molecule has 0 aliphatic rings. The third-order valence-electron chi connectivity index (χ3n) is 4.79. The molecule has 0 aromatic heterocycles. The largest absolute Gasteiger partial charge is 0.379 e. The standard InChI is InChI=1S/C25H40N4O5/c1-2-3-16-30-21-23(32-18-9-5-13-27)25(34-20-11-7-15-29)24(33-19-10-6-14-28)22-31-17-8-4-12-26/h23-25H,2-11,16-22H2,1H3. The molecule has 0 spiro atoms. The second-order valence-electron chi connectivity index (χ2n) is 7.70. The minimum atomic E-state index is -0.513. The lowest BCUT2D eigenvalue weighted by atomic mass is 10.1. The van der Waals surface area contributed by atoms with E-state index >= 15 is 0 Å². The molecule has 0 heterocycles. The zero-order valence-electron chi connectivity index (χ0n) is 20.6. The molecule has 0 amide bonds. The van der Waals surface area contributed by atoms with Gasteiger partial charge in [0.2, 0.25) is 0 Å². The maximum Gasteiger partial charge on any atom is 0.114 e. The molecule has 0 radical (unpaired) electrons. The van der Waals surface area contributed by atoms with Crippen LogP contribution in [0.4, 0.5) is 0 Å². The molecule has 3 unspecified atom stereocenters. The molecule has 0 aliphatic heterocycles. The number of hydrogen-bond donors (Lipinski definition) is 0. The van der Waals surface area contributed by atoms with Crippen molar-refractivity contribution in [2.45, 2.75) is 89.4 Å². The van der Waals surface area contributed by atoms with Crippen LogP contribution in [0, 0.1) is 45.3 Å². The molecule has 0 aromatic carbocycles. The highest BCUT2D eigenvalue weighted by Crippen LogP contribution is 2.17. The van der Waals surface area contributed by atoms with Gasteiger partial charge in [-0.15, -0.1) is 0 Å². The van der Waals surface area contributed by atoms with Crippen LogP contribution >= 0.6 is 0 Å². The van der Waals surface area contributed by atoms with Crippen LogP contribution in [-0.4, -0.2) is 64.6 Å². The van der Waals surface area contributed by atoms with Crippen LogP contribution in [0.15, 0.2) is 0 Å². The number of nitrogens with zero attached hydrogens (tertiary/aromatic N) is 4. The summed E-state index contributed by atoms with van der Waals surface area (Å²) in [5.74, 6) is 0. The van der Waals surface area contributed by atoms with E-state index in [0.29, 0.717) is 91.0 Å². The minimum absolute atomic E-state index is 0.244. The molecule has 9 heteroatoms. The molecule has 0 saturated heterocycles. The van der Waals surface area contributed by atoms with Gasteiger partial charge in [0, 0.05) is 58.7 Å². The van der Waals surface area contributed by atoms with E-state index in [1.165, 1.54) is 0 Å². The molecule has 34 heavy (non-hydrogen) atoms. The van der Waals surface area contributed by atoms with Crippen molar-refractivity contribution < 1.29 is 23.7 Å². The predicted octanol–water partition coefficient (Wildman–Crippen LogP) is 4.19. The van der Waals surface area contributed by atoms with Crippen LogP contribution in [-0.2, 0) is 23.7 Å². The minimum Gasteiger partial charge on any atom is -0.379 e. The van der Waals surface area contributed by atoms with Crippen LogP contribution in [0.1, 0.15) is 71.1 Å². The summed E-state index contributed by atoms with van der Waals surface area (Å²) in [5, 5.41) is 35.3. The van der Waals surface area contributed by atoms with Gasteiger partial charge in [0.15, 0.2) is 0 Å². The van der Waals surface area contributed by atoms with Gasteiger partial charge in [-0.05, 0) is 32.1 Å². The first-order valence-electron chi connectivity index (χ1n) is 12.2. The van der Waals surface area contributed by atoms with Crippen molar-refractivity contribution in [3.05, 3.63) is 0 Å². The molecule has 0 aromatic rings. The van der Waals surface area contributed by atoms with Gasteiger partial charge in [-0.2, -0.15) is 21.0 Å². The first-order valence-corrected chi connectivity index (χ1v) is 12.2. The molecule has 9 nitrogen and oxygen atoms in total. The molecular formula is C25H40N4O5. The normalized spacial score (nSPS) is 13.2. The maximum absolute atomic E-state index is 8.87. The van der Waals surface area contributed by atoms with Crippen LogP contribution in [0.3, 0.4) is 0 Å². The number of hydrogen-bond acceptors (Lipinski definition) is 9. The summed E-state index contributed by atoms with van der Waals surface area (Å²) in [6.07, 6.45) is 4.49. The van der Waals surface area contributed by atoms with Gasteiger partial charge in [0.1, 0.15) is 18.3 Å². The fourth-order valence-electron chi connectivity index (χ4n) is 2.97. The fourth-order valence-corrected chi connectivity index (χ4v) is 2.97. The lowest BCUT2D eigenvalue weighted by Crippen LogP contribution is -2.47. The Kier molecular flexibility index (Phi) is 23.7. The zero-order chi connectivity index (χ0) is 25.1. The Bertz CT molecular complexity index is 635. The van der Waals surface area contributed by atoms with Crippen molar-refractivity contribution in [3.63, 3.8) is 0 Å². The van der Waals surface area contributed by atoms with Gasteiger partial charge in [-0.3, -0.25) is 0 Å². The van der Waals surface area contributed by atoms with E-state index in [4.69, 9.17) is 44.7 Å². The summed E-state index contributed by atoms with van der Waals surface area (Å²) in [7, 11) is 0. The van der Waals surface area contributed by atoms with E-state index in [2.05, 4.69) is 31.2 Å². The van der Waals surface area contributed by atoms with E-state index in [1.807, 2.05) is 0 Å². The van der Waals surface area contributed by atoms with Crippen LogP contribution in [0.5, 0.6) is 0 Å². The van der Waals surface area contributed by atoms with Gasteiger partial charge in [-0.25, -0.2) is 0 Å². The second-order valence-corrected chi connectivity index (χ2v) is 7.70. The monoisotopic (exact) mass is 476 g/mol. The molecule has 3 atom stereocenters. The molecule has 0 aliphatic carbocycles. The van der Waals surface area contributed by atoms with Crippen molar-refractivity contribution in [2.24, 2.45) is 0 Å². The number of rotatable bonds is 24. The Morgan fingerprint density at radius 2 is 0.912 bits per heavy atom. The Balaban J connectivity index is 5.41. The molecule has 0 N–H and O–H groups in total. The third-order valence-corrected chi connectivity index (χ3v) is 4.79. The highest BCUT2D eigenvalue weighted by Gasteiger charge is 2.33. The van der Waals surface area contributed by atoms with E-state index in [1.54, 1.807) is 0 Å².